The summed E-state index contributed by atoms with van der Waals surface area (Å²) in [4.78, 5) is 0. The van der Waals surface area contributed by atoms with Gasteiger partial charge in [-0.2, -0.15) is 0 Å². The monoisotopic (exact) mass is 449 g/mol. The van der Waals surface area contributed by atoms with Crippen LogP contribution in [-0.2, 0) is 0 Å². The average molecular weight is 450 g/mol. The number of fused-ring (bicyclic) bond motifs is 11. The molecule has 0 aliphatic rings. The van der Waals surface area contributed by atoms with Gasteiger partial charge in [-0.25, -0.2) is 0 Å². The van der Waals surface area contributed by atoms with Crippen molar-refractivity contribution in [1.82, 2.24) is 4.57 Å². The van der Waals surface area contributed by atoms with Gasteiger partial charge >= 0.3 is 0 Å². The van der Waals surface area contributed by atoms with Crippen molar-refractivity contribution >= 4 is 74.9 Å². The van der Waals surface area contributed by atoms with E-state index < -0.39 is 0 Å². The van der Waals surface area contributed by atoms with Crippen LogP contribution in [0.3, 0.4) is 0 Å². The predicted octanol–water partition coefficient (Wildman–Crippen LogP) is 9.46. The summed E-state index contributed by atoms with van der Waals surface area (Å²) in [6.07, 6.45) is 0. The van der Waals surface area contributed by atoms with Crippen molar-refractivity contribution in [1.29, 1.82) is 0 Å². The molecule has 2 heterocycles. The van der Waals surface area contributed by atoms with Crippen LogP contribution in [0.25, 0.3) is 69.2 Å². The molecule has 0 N–H and O–H groups in total. The third-order valence-electron chi connectivity index (χ3n) is 7.16. The lowest BCUT2D eigenvalue weighted by molar-refractivity contribution is 1.21. The smallest absolute Gasteiger partial charge is 0.0640 e. The second-order valence-corrected chi connectivity index (χ2v) is 9.97. The molecule has 34 heavy (non-hydrogen) atoms. The molecule has 0 saturated carbocycles. The molecule has 0 spiro atoms. The Labute approximate surface area is 200 Å². The maximum Gasteiger partial charge on any atom is 0.0640 e. The fraction of sp³-hybridized carbons (Fsp3) is 0. The first-order valence-electron chi connectivity index (χ1n) is 11.6. The zero-order chi connectivity index (χ0) is 22.2. The van der Waals surface area contributed by atoms with Crippen LogP contribution >= 0.6 is 11.3 Å². The molecule has 2 heteroatoms. The van der Waals surface area contributed by atoms with Gasteiger partial charge in [0.25, 0.3) is 0 Å². The number of hydrogen-bond acceptors (Lipinski definition) is 1. The fourth-order valence-electron chi connectivity index (χ4n) is 5.77. The predicted molar refractivity (Wildman–Crippen MR) is 149 cm³/mol. The van der Waals surface area contributed by atoms with Crippen LogP contribution in [0.4, 0.5) is 0 Å². The number of aromatic nitrogens is 1. The Morgan fingerprint density at radius 1 is 0.471 bits per heavy atom. The van der Waals surface area contributed by atoms with Gasteiger partial charge in [-0.05, 0) is 29.0 Å². The molecule has 8 aromatic rings. The summed E-state index contributed by atoms with van der Waals surface area (Å²) >= 11 is 1.91. The van der Waals surface area contributed by atoms with Crippen molar-refractivity contribution in [2.24, 2.45) is 0 Å². The highest BCUT2D eigenvalue weighted by Gasteiger charge is 2.22. The number of thiophene rings is 1. The van der Waals surface area contributed by atoms with Crippen molar-refractivity contribution in [3.63, 3.8) is 0 Å². The van der Waals surface area contributed by atoms with Crippen molar-refractivity contribution in [3.8, 4) is 5.69 Å². The molecular formula is C32H19NS. The Morgan fingerprint density at radius 2 is 1.12 bits per heavy atom. The van der Waals surface area contributed by atoms with Crippen LogP contribution in [0.15, 0.2) is 115 Å². The minimum atomic E-state index is 1.23. The summed E-state index contributed by atoms with van der Waals surface area (Å²) in [5.41, 5.74) is 3.79. The molecule has 158 valence electrons. The van der Waals surface area contributed by atoms with Gasteiger partial charge in [-0.1, -0.05) is 97.1 Å². The van der Waals surface area contributed by atoms with Crippen LogP contribution in [-0.4, -0.2) is 4.57 Å². The zero-order valence-electron chi connectivity index (χ0n) is 18.3. The van der Waals surface area contributed by atoms with E-state index >= 15 is 0 Å². The molecule has 8 rings (SSSR count). The lowest BCUT2D eigenvalue weighted by atomic mass is 9.99. The maximum absolute atomic E-state index is 2.51. The van der Waals surface area contributed by atoms with Crippen molar-refractivity contribution in [2.75, 3.05) is 0 Å². The molecule has 0 saturated heterocycles. The van der Waals surface area contributed by atoms with Gasteiger partial charge in [0.15, 0.2) is 0 Å². The summed E-state index contributed by atoms with van der Waals surface area (Å²) in [5.74, 6) is 0. The Balaban J connectivity index is 1.76. The van der Waals surface area contributed by atoms with Gasteiger partial charge in [0.05, 0.1) is 16.7 Å². The van der Waals surface area contributed by atoms with Gasteiger partial charge in [0.1, 0.15) is 0 Å². The minimum absolute atomic E-state index is 1.23. The van der Waals surface area contributed by atoms with Crippen molar-refractivity contribution in [3.05, 3.63) is 115 Å². The molecule has 0 radical (unpaired) electrons. The Hall–Kier alpha value is -4.14. The minimum Gasteiger partial charge on any atom is -0.308 e. The first-order chi connectivity index (χ1) is 16.9. The zero-order valence-corrected chi connectivity index (χ0v) is 19.1. The van der Waals surface area contributed by atoms with E-state index in [9.17, 15) is 0 Å². The van der Waals surface area contributed by atoms with Gasteiger partial charge in [0, 0.05) is 41.7 Å². The van der Waals surface area contributed by atoms with Crippen molar-refractivity contribution in [2.45, 2.75) is 0 Å². The summed E-state index contributed by atoms with van der Waals surface area (Å²) in [6.45, 7) is 0. The van der Waals surface area contributed by atoms with Gasteiger partial charge in [-0.3, -0.25) is 0 Å². The topological polar surface area (TPSA) is 4.93 Å². The van der Waals surface area contributed by atoms with E-state index in [1.807, 2.05) is 11.3 Å². The van der Waals surface area contributed by atoms with E-state index in [4.69, 9.17) is 0 Å². The van der Waals surface area contributed by atoms with Crippen LogP contribution in [0, 0.1) is 0 Å². The lowest BCUT2D eigenvalue weighted by Crippen LogP contribution is -1.95. The number of benzene rings is 6. The summed E-state index contributed by atoms with van der Waals surface area (Å²) in [7, 11) is 0. The third kappa shape index (κ3) is 2.28. The maximum atomic E-state index is 2.51. The molecule has 6 aromatic carbocycles. The van der Waals surface area contributed by atoms with E-state index in [2.05, 4.69) is 120 Å². The van der Waals surface area contributed by atoms with E-state index in [-0.39, 0.29) is 0 Å². The normalized spacial score (nSPS) is 12.1. The Morgan fingerprint density at radius 3 is 2.00 bits per heavy atom. The molecule has 0 bridgehead atoms. The number of rotatable bonds is 1. The third-order valence-corrected chi connectivity index (χ3v) is 8.36. The Bertz CT molecular complexity index is 2070. The molecule has 0 unspecified atom stereocenters. The molecule has 0 aliphatic carbocycles. The summed E-state index contributed by atoms with van der Waals surface area (Å²) in [6, 6.07) is 42.0. The van der Waals surface area contributed by atoms with Crippen LogP contribution in [0.2, 0.25) is 0 Å². The molecule has 0 atom stereocenters. The fourth-order valence-corrected chi connectivity index (χ4v) is 7.02. The van der Waals surface area contributed by atoms with Gasteiger partial charge in [-0.15, -0.1) is 11.3 Å². The lowest BCUT2D eigenvalue weighted by Gasteiger charge is -2.13. The molecule has 1 nitrogen and oxygen atoms in total. The molecular weight excluding hydrogens is 430 g/mol. The standard InChI is InChI=1S/C32H19NS/c1-2-12-21-20(10-1)11-9-18-26(21)33-27-17-7-5-15-24(27)29-22-13-3-4-14-23(22)32-30(31(29)33)25-16-6-8-19-28(25)34-32/h1-19H. The van der Waals surface area contributed by atoms with Crippen LogP contribution in [0.1, 0.15) is 0 Å². The van der Waals surface area contributed by atoms with Crippen LogP contribution in [0.5, 0.6) is 0 Å². The SMILES string of the molecule is c1ccc2c(-n3c4ccccc4c4c5ccccc5c5sc6ccccc6c5c43)cccc2c1. The van der Waals surface area contributed by atoms with E-state index in [1.54, 1.807) is 0 Å². The Kier molecular flexibility index (Phi) is 3.60. The summed E-state index contributed by atoms with van der Waals surface area (Å²) < 4.78 is 5.22. The quantitative estimate of drug-likeness (QED) is 0.235. The van der Waals surface area contributed by atoms with E-state index in [0.717, 1.165) is 0 Å². The summed E-state index contributed by atoms with van der Waals surface area (Å²) in [5, 5.41) is 10.5. The highest BCUT2D eigenvalue weighted by molar-refractivity contribution is 7.27. The largest absolute Gasteiger partial charge is 0.308 e. The van der Waals surface area contributed by atoms with Gasteiger partial charge in [0.2, 0.25) is 0 Å². The van der Waals surface area contributed by atoms with E-state index in [0.29, 0.717) is 0 Å². The molecule has 0 aliphatic heterocycles. The highest BCUT2D eigenvalue weighted by atomic mass is 32.1. The average Bonchev–Trinajstić information content (AvgIpc) is 3.45. The number of nitrogens with zero attached hydrogens (tertiary/aromatic N) is 1. The number of para-hydroxylation sites is 1. The van der Waals surface area contributed by atoms with Gasteiger partial charge < -0.3 is 4.57 Å². The van der Waals surface area contributed by atoms with Crippen LogP contribution < -0.4 is 0 Å². The van der Waals surface area contributed by atoms with E-state index in [1.165, 1.54) is 69.2 Å². The highest BCUT2D eigenvalue weighted by Crippen LogP contribution is 2.48. The molecule has 2 aromatic heterocycles. The number of hydrogen-bond donors (Lipinski definition) is 0. The van der Waals surface area contributed by atoms with Crippen molar-refractivity contribution < 1.29 is 0 Å². The second-order valence-electron chi connectivity index (χ2n) is 8.92. The first kappa shape index (κ1) is 18.3. The molecule has 0 fully saturated rings. The molecule has 0 amide bonds. The first-order valence-corrected chi connectivity index (χ1v) is 12.4. The second kappa shape index (κ2) is 6.69.